The van der Waals surface area contributed by atoms with Gasteiger partial charge in [0.2, 0.25) is 11.8 Å². The number of nitrogens with zero attached hydrogens (tertiary/aromatic N) is 2. The van der Waals surface area contributed by atoms with Crippen LogP contribution in [-0.4, -0.2) is 42.3 Å². The van der Waals surface area contributed by atoms with E-state index in [2.05, 4.69) is 5.32 Å². The molecule has 4 aromatic rings. The Kier molecular flexibility index (Phi) is 8.38. The van der Waals surface area contributed by atoms with E-state index in [1.54, 1.807) is 35.0 Å². The maximum absolute atomic E-state index is 13.8. The normalized spacial score (nSPS) is 13.0. The fourth-order valence-corrected chi connectivity index (χ4v) is 5.76. The molecule has 0 bridgehead atoms. The van der Waals surface area contributed by atoms with Crippen LogP contribution >= 0.6 is 23.2 Å². The number of carbonyl (C=O) groups excluding carboxylic acids is 3. The van der Waals surface area contributed by atoms with Crippen molar-refractivity contribution >= 4 is 57.4 Å². The van der Waals surface area contributed by atoms with Crippen molar-refractivity contribution in [2.75, 3.05) is 18.5 Å². The molecule has 40 heavy (non-hydrogen) atoms. The highest BCUT2D eigenvalue weighted by molar-refractivity contribution is 6.35. The lowest BCUT2D eigenvalue weighted by molar-refractivity contribution is -0.141. The van der Waals surface area contributed by atoms with Crippen LogP contribution in [0.5, 0.6) is 0 Å². The molecule has 0 aliphatic carbocycles. The number of carbonyl (C=O) groups is 3. The second-order valence-electron chi connectivity index (χ2n) is 9.82. The second-order valence-corrected chi connectivity index (χ2v) is 10.7. The molecule has 0 unspecified atom stereocenters. The highest BCUT2D eigenvalue weighted by Gasteiger charge is 2.32. The largest absolute Gasteiger partial charge is 0.357 e. The van der Waals surface area contributed by atoms with Crippen LogP contribution < -0.4 is 10.2 Å². The third-order valence-electron chi connectivity index (χ3n) is 7.29. The van der Waals surface area contributed by atoms with E-state index in [1.807, 2.05) is 66.7 Å². The van der Waals surface area contributed by atoms with Crippen LogP contribution in [0.15, 0.2) is 84.9 Å². The molecule has 0 radical (unpaired) electrons. The van der Waals surface area contributed by atoms with Crippen molar-refractivity contribution in [3.63, 3.8) is 0 Å². The van der Waals surface area contributed by atoms with E-state index < -0.39 is 6.04 Å². The fourth-order valence-electron chi connectivity index (χ4n) is 5.29. The summed E-state index contributed by atoms with van der Waals surface area (Å²) in [7, 11) is 1.56. The molecule has 1 atom stereocenters. The maximum Gasteiger partial charge on any atom is 0.258 e. The van der Waals surface area contributed by atoms with Crippen LogP contribution in [0.2, 0.25) is 10.0 Å². The Morgan fingerprint density at radius 3 is 2.42 bits per heavy atom. The molecule has 3 amide bonds. The number of hydrogen-bond donors (Lipinski definition) is 1. The molecular weight excluding hydrogens is 545 g/mol. The minimum absolute atomic E-state index is 0.0589. The van der Waals surface area contributed by atoms with Gasteiger partial charge in [0.15, 0.2) is 0 Å². The number of rotatable bonds is 10. The first-order chi connectivity index (χ1) is 19.4. The zero-order chi connectivity index (χ0) is 28.2. The topological polar surface area (TPSA) is 69.7 Å². The lowest BCUT2D eigenvalue weighted by Crippen LogP contribution is -2.49. The van der Waals surface area contributed by atoms with Crippen molar-refractivity contribution in [3.8, 4) is 0 Å². The van der Waals surface area contributed by atoms with Crippen LogP contribution in [0.3, 0.4) is 0 Å². The molecule has 1 aliphatic heterocycles. The van der Waals surface area contributed by atoms with E-state index in [0.29, 0.717) is 40.6 Å². The summed E-state index contributed by atoms with van der Waals surface area (Å²) in [4.78, 5) is 43.5. The van der Waals surface area contributed by atoms with E-state index in [1.165, 1.54) is 0 Å². The van der Waals surface area contributed by atoms with Crippen molar-refractivity contribution in [1.82, 2.24) is 10.2 Å². The van der Waals surface area contributed by atoms with Crippen molar-refractivity contribution < 1.29 is 14.4 Å². The molecule has 1 aliphatic rings. The van der Waals surface area contributed by atoms with E-state index in [0.717, 1.165) is 22.0 Å². The Morgan fingerprint density at radius 1 is 0.950 bits per heavy atom. The van der Waals surface area contributed by atoms with Gasteiger partial charge in [0.1, 0.15) is 6.04 Å². The molecule has 0 saturated carbocycles. The van der Waals surface area contributed by atoms with Crippen LogP contribution in [0.1, 0.15) is 34.3 Å². The van der Waals surface area contributed by atoms with Crippen molar-refractivity contribution in [3.05, 3.63) is 112 Å². The van der Waals surface area contributed by atoms with Gasteiger partial charge in [0.25, 0.3) is 5.91 Å². The van der Waals surface area contributed by atoms with Crippen molar-refractivity contribution in [2.45, 2.75) is 31.8 Å². The zero-order valence-corrected chi connectivity index (χ0v) is 23.6. The predicted molar refractivity (Wildman–Crippen MR) is 160 cm³/mol. The second kappa shape index (κ2) is 12.1. The molecular formula is C32H29Cl2N3O3. The Labute approximate surface area is 243 Å². The molecule has 0 fully saturated rings. The summed E-state index contributed by atoms with van der Waals surface area (Å²) >= 11 is 12.6. The number of amides is 3. The molecule has 1 N–H and O–H groups in total. The van der Waals surface area contributed by atoms with Gasteiger partial charge in [-0.2, -0.15) is 0 Å². The van der Waals surface area contributed by atoms with Crippen molar-refractivity contribution in [2.24, 2.45) is 0 Å². The zero-order valence-electron chi connectivity index (χ0n) is 22.1. The third-order valence-corrected chi connectivity index (χ3v) is 7.88. The molecule has 5 rings (SSSR count). The Morgan fingerprint density at radius 2 is 1.70 bits per heavy atom. The van der Waals surface area contributed by atoms with Crippen LogP contribution in [-0.2, 0) is 22.6 Å². The molecule has 0 spiro atoms. The summed E-state index contributed by atoms with van der Waals surface area (Å²) in [6.07, 6.45) is 0.939. The standard InChI is InChI=1S/C32H29Cl2N3O3/c1-35-31(39)28(18-21-8-3-2-4-9-21)37(20-23-15-16-24(33)19-26(23)34)29(38)14-7-17-36-27-13-6-11-22-10-5-12-25(30(22)27)32(36)40/h2-6,8-13,15-16,19,28H,7,14,17-18,20H2,1H3,(H,35,39)/t28-/m1/s1. The highest BCUT2D eigenvalue weighted by atomic mass is 35.5. The smallest absolute Gasteiger partial charge is 0.258 e. The lowest BCUT2D eigenvalue weighted by atomic mass is 10.0. The Hall–Kier alpha value is -3.87. The fraction of sp³-hybridized carbons (Fsp3) is 0.219. The van der Waals surface area contributed by atoms with E-state index in [9.17, 15) is 14.4 Å². The number of halogens is 2. The van der Waals surface area contributed by atoms with Crippen LogP contribution in [0.25, 0.3) is 10.8 Å². The lowest BCUT2D eigenvalue weighted by Gasteiger charge is -2.31. The number of nitrogens with one attached hydrogen (secondary N) is 1. The first-order valence-corrected chi connectivity index (χ1v) is 14.0. The number of anilines is 1. The Balaban J connectivity index is 1.37. The van der Waals surface area contributed by atoms with E-state index in [-0.39, 0.29) is 30.7 Å². The summed E-state index contributed by atoms with van der Waals surface area (Å²) in [6, 6.07) is 25.6. The summed E-state index contributed by atoms with van der Waals surface area (Å²) in [5.74, 6) is -0.520. The highest BCUT2D eigenvalue weighted by Crippen LogP contribution is 2.37. The average Bonchev–Trinajstić information content (AvgIpc) is 3.24. The molecule has 1 heterocycles. The van der Waals surface area contributed by atoms with Gasteiger partial charge in [-0.05, 0) is 47.2 Å². The maximum atomic E-state index is 13.8. The minimum atomic E-state index is -0.752. The van der Waals surface area contributed by atoms with Crippen LogP contribution in [0.4, 0.5) is 5.69 Å². The van der Waals surface area contributed by atoms with Crippen LogP contribution in [0, 0.1) is 0 Å². The summed E-state index contributed by atoms with van der Waals surface area (Å²) in [5, 5.41) is 5.60. The molecule has 6 nitrogen and oxygen atoms in total. The summed E-state index contributed by atoms with van der Waals surface area (Å²) in [5.41, 5.74) is 3.17. The van der Waals surface area contributed by atoms with E-state index >= 15 is 0 Å². The third kappa shape index (κ3) is 5.69. The quantitative estimate of drug-likeness (QED) is 0.243. The van der Waals surface area contributed by atoms with E-state index in [4.69, 9.17) is 23.2 Å². The molecule has 204 valence electrons. The SMILES string of the molecule is CNC(=O)[C@@H](Cc1ccccc1)N(Cc1ccc(Cl)cc1Cl)C(=O)CCCN1C(=O)c2cccc3cccc1c23. The van der Waals surface area contributed by atoms with Crippen molar-refractivity contribution in [1.29, 1.82) is 0 Å². The summed E-state index contributed by atoms with van der Waals surface area (Å²) < 4.78 is 0. The number of hydrogen-bond acceptors (Lipinski definition) is 3. The van der Waals surface area contributed by atoms with Gasteiger partial charge in [-0.1, -0.05) is 83.9 Å². The molecule has 0 aromatic heterocycles. The first kappa shape index (κ1) is 27.7. The van der Waals surface area contributed by atoms with Gasteiger partial charge in [0.05, 0.1) is 5.69 Å². The summed E-state index contributed by atoms with van der Waals surface area (Å²) in [6.45, 7) is 0.532. The van der Waals surface area contributed by atoms with Gasteiger partial charge >= 0.3 is 0 Å². The number of likely N-dealkylation sites (N-methyl/N-ethyl adjacent to an activating group) is 1. The van der Waals surface area contributed by atoms with Gasteiger partial charge in [-0.15, -0.1) is 0 Å². The first-order valence-electron chi connectivity index (χ1n) is 13.2. The van der Waals surface area contributed by atoms with Gasteiger partial charge < -0.3 is 15.1 Å². The Bertz CT molecular complexity index is 1570. The predicted octanol–water partition coefficient (Wildman–Crippen LogP) is 6.27. The number of benzene rings is 4. The molecule has 4 aromatic carbocycles. The van der Waals surface area contributed by atoms with Gasteiger partial charge in [0, 0.05) is 54.0 Å². The van der Waals surface area contributed by atoms with Gasteiger partial charge in [-0.25, -0.2) is 0 Å². The van der Waals surface area contributed by atoms with Gasteiger partial charge in [-0.3, -0.25) is 14.4 Å². The minimum Gasteiger partial charge on any atom is -0.357 e. The monoisotopic (exact) mass is 573 g/mol. The average molecular weight is 575 g/mol. The molecule has 8 heteroatoms. The molecule has 0 saturated heterocycles.